The van der Waals surface area contributed by atoms with E-state index in [9.17, 15) is 0 Å². The fraction of sp³-hybridized carbons (Fsp3) is 0. The minimum Gasteiger partial charge on any atom is -0.309 e. The van der Waals surface area contributed by atoms with Crippen LogP contribution in [-0.2, 0) is 0 Å². The summed E-state index contributed by atoms with van der Waals surface area (Å²) in [4.78, 5) is 0. The second-order valence-corrected chi connectivity index (χ2v) is 22.6. The molecule has 3 nitrogen and oxygen atoms in total. The Bertz CT molecular complexity index is 5250. The van der Waals surface area contributed by atoms with Gasteiger partial charge in [0.2, 0.25) is 0 Å². The van der Waals surface area contributed by atoms with Crippen LogP contribution in [0.2, 0.25) is 0 Å². The Morgan fingerprint density at radius 1 is 0.182 bits per heavy atom. The standard InChI is InChI=1S/C72H43N3S2/c1-6-22-63-53(17-1)54-18-2-7-23-64(54)74(63)51-30-35-71-61(42-51)62-43-52(31-36-72(62)77-71)75-66-25-9-4-20-56(66)59-40-48(28-33-68(59)75)47-27-32-67-58(39-47)55-19-3-8-24-65(55)73(67)50-16-12-15-46(38-50)44-13-11-14-45(37-44)49-29-34-70-60(41-49)57-21-5-10-26-69(57)76-70/h1-43H. The topological polar surface area (TPSA) is 14.8 Å². The van der Waals surface area contributed by atoms with E-state index in [0.29, 0.717) is 0 Å². The van der Waals surface area contributed by atoms with Crippen LogP contribution in [0, 0.1) is 0 Å². The first-order valence-electron chi connectivity index (χ1n) is 26.3. The third-order valence-electron chi connectivity index (χ3n) is 16.2. The van der Waals surface area contributed by atoms with Gasteiger partial charge in [0.15, 0.2) is 0 Å². The average Bonchev–Trinajstić information content (AvgIpc) is 4.41. The molecule has 0 unspecified atom stereocenters. The van der Waals surface area contributed by atoms with E-state index < -0.39 is 0 Å². The molecule has 0 saturated carbocycles. The first-order chi connectivity index (χ1) is 38.1. The van der Waals surface area contributed by atoms with Crippen LogP contribution in [0.5, 0.6) is 0 Å². The average molecular weight is 1010 g/mol. The molecule has 5 aromatic heterocycles. The lowest BCUT2D eigenvalue weighted by atomic mass is 9.97. The Kier molecular flexibility index (Phi) is 9.16. The van der Waals surface area contributed by atoms with Gasteiger partial charge in [-0.1, -0.05) is 140 Å². The maximum absolute atomic E-state index is 2.46. The van der Waals surface area contributed by atoms with Gasteiger partial charge < -0.3 is 13.7 Å². The number of fused-ring (bicyclic) bond motifs is 15. The van der Waals surface area contributed by atoms with Crippen LogP contribution in [0.15, 0.2) is 261 Å². The maximum Gasteiger partial charge on any atom is 0.0541 e. The Morgan fingerprint density at radius 3 is 1.01 bits per heavy atom. The highest BCUT2D eigenvalue weighted by Crippen LogP contribution is 2.43. The van der Waals surface area contributed by atoms with Gasteiger partial charge in [-0.25, -0.2) is 0 Å². The summed E-state index contributed by atoms with van der Waals surface area (Å²) in [5.41, 5.74) is 17.9. The van der Waals surface area contributed by atoms with Crippen LogP contribution in [0.1, 0.15) is 0 Å². The van der Waals surface area contributed by atoms with Crippen LogP contribution >= 0.6 is 22.7 Å². The van der Waals surface area contributed by atoms with Crippen LogP contribution in [0.4, 0.5) is 0 Å². The molecule has 17 aromatic rings. The summed E-state index contributed by atoms with van der Waals surface area (Å²) in [5.74, 6) is 0. The van der Waals surface area contributed by atoms with E-state index in [2.05, 4.69) is 275 Å². The molecule has 0 fully saturated rings. The van der Waals surface area contributed by atoms with E-state index in [4.69, 9.17) is 0 Å². The first kappa shape index (κ1) is 42.8. The van der Waals surface area contributed by atoms with Crippen molar-refractivity contribution in [2.24, 2.45) is 0 Å². The number of rotatable bonds is 6. The van der Waals surface area contributed by atoms with Crippen molar-refractivity contribution < 1.29 is 0 Å². The van der Waals surface area contributed by atoms with Crippen LogP contribution in [0.3, 0.4) is 0 Å². The predicted octanol–water partition coefficient (Wildman–Crippen LogP) is 20.7. The first-order valence-corrected chi connectivity index (χ1v) is 27.9. The third kappa shape index (κ3) is 6.48. The van der Waals surface area contributed by atoms with Crippen molar-refractivity contribution in [2.45, 2.75) is 0 Å². The highest BCUT2D eigenvalue weighted by atomic mass is 32.1. The van der Waals surface area contributed by atoms with Crippen LogP contribution in [-0.4, -0.2) is 13.7 Å². The molecule has 0 atom stereocenters. The molecule has 0 N–H and O–H groups in total. The van der Waals surface area contributed by atoms with E-state index in [1.54, 1.807) is 0 Å². The van der Waals surface area contributed by atoms with E-state index in [0.717, 1.165) is 11.4 Å². The highest BCUT2D eigenvalue weighted by Gasteiger charge is 2.19. The largest absolute Gasteiger partial charge is 0.309 e. The van der Waals surface area contributed by atoms with Gasteiger partial charge in [0, 0.05) is 89.7 Å². The summed E-state index contributed by atoms with van der Waals surface area (Å²) in [7, 11) is 0. The fourth-order valence-corrected chi connectivity index (χ4v) is 14.9. The molecule has 77 heavy (non-hydrogen) atoms. The van der Waals surface area contributed by atoms with Gasteiger partial charge in [-0.3, -0.25) is 0 Å². The third-order valence-corrected chi connectivity index (χ3v) is 18.5. The molecule has 0 bridgehead atoms. The fourth-order valence-electron chi connectivity index (χ4n) is 12.7. The number of thiophene rings is 2. The van der Waals surface area contributed by atoms with Gasteiger partial charge in [-0.15, -0.1) is 22.7 Å². The summed E-state index contributed by atoms with van der Waals surface area (Å²) >= 11 is 3.73. The van der Waals surface area contributed by atoms with Crippen molar-refractivity contribution in [3.05, 3.63) is 261 Å². The maximum atomic E-state index is 2.46. The molecule has 0 radical (unpaired) electrons. The Hall–Kier alpha value is -9.52. The van der Waals surface area contributed by atoms with E-state index in [-0.39, 0.29) is 0 Å². The number of aromatic nitrogens is 3. The number of hydrogen-bond acceptors (Lipinski definition) is 2. The lowest BCUT2D eigenvalue weighted by Crippen LogP contribution is -1.94. The summed E-state index contributed by atoms with van der Waals surface area (Å²) in [6.45, 7) is 0. The molecule has 358 valence electrons. The number of para-hydroxylation sites is 4. The SMILES string of the molecule is c1cc(-c2cccc(-n3c4ccccc4c4cc(-c5ccc6c(c5)c5ccccc5n6-c5ccc6sc7ccc(-n8c9ccccc9c9ccccc98)cc7c6c5)ccc43)c2)cc(-c2ccc3sc4ccccc4c3c2)c1. The Labute approximate surface area is 450 Å². The van der Waals surface area contributed by atoms with E-state index >= 15 is 0 Å². The molecular weight excluding hydrogens is 971 g/mol. The molecule has 0 saturated heterocycles. The van der Waals surface area contributed by atoms with Gasteiger partial charge in [0.1, 0.15) is 0 Å². The van der Waals surface area contributed by atoms with Gasteiger partial charge in [-0.05, 0) is 155 Å². The molecular formula is C72H43N3S2. The van der Waals surface area contributed by atoms with Crippen molar-refractivity contribution in [2.75, 3.05) is 0 Å². The second kappa shape index (κ2) is 16.5. The summed E-state index contributed by atoms with van der Waals surface area (Å²) in [6, 6.07) is 97.1. The van der Waals surface area contributed by atoms with Crippen LogP contribution in [0.25, 0.3) is 156 Å². The zero-order valence-electron chi connectivity index (χ0n) is 41.5. The lowest BCUT2D eigenvalue weighted by molar-refractivity contribution is 1.18. The van der Waals surface area contributed by atoms with Crippen molar-refractivity contribution >= 4 is 128 Å². The van der Waals surface area contributed by atoms with Gasteiger partial charge in [0.05, 0.1) is 33.1 Å². The second-order valence-electron chi connectivity index (χ2n) is 20.4. The molecule has 0 amide bonds. The zero-order valence-corrected chi connectivity index (χ0v) is 43.1. The Balaban J connectivity index is 0.747. The molecule has 0 aliphatic heterocycles. The van der Waals surface area contributed by atoms with Crippen molar-refractivity contribution in [3.8, 4) is 50.4 Å². The molecule has 12 aromatic carbocycles. The van der Waals surface area contributed by atoms with Crippen molar-refractivity contribution in [1.82, 2.24) is 13.7 Å². The minimum atomic E-state index is 1.14. The molecule has 0 aliphatic rings. The summed E-state index contributed by atoms with van der Waals surface area (Å²) in [5, 5.41) is 12.7. The minimum absolute atomic E-state index is 1.14. The van der Waals surface area contributed by atoms with Gasteiger partial charge in [0.25, 0.3) is 0 Å². The van der Waals surface area contributed by atoms with E-state index in [1.165, 1.54) is 145 Å². The molecule has 0 spiro atoms. The van der Waals surface area contributed by atoms with E-state index in [1.807, 2.05) is 22.7 Å². The van der Waals surface area contributed by atoms with Crippen molar-refractivity contribution in [1.29, 1.82) is 0 Å². The molecule has 5 heterocycles. The van der Waals surface area contributed by atoms with Gasteiger partial charge >= 0.3 is 0 Å². The predicted molar refractivity (Wildman–Crippen MR) is 332 cm³/mol. The molecule has 0 aliphatic carbocycles. The smallest absolute Gasteiger partial charge is 0.0541 e. The normalized spacial score (nSPS) is 12.2. The lowest BCUT2D eigenvalue weighted by Gasteiger charge is -2.12. The zero-order chi connectivity index (χ0) is 50.3. The van der Waals surface area contributed by atoms with Crippen LogP contribution < -0.4 is 0 Å². The van der Waals surface area contributed by atoms with Crippen molar-refractivity contribution in [3.63, 3.8) is 0 Å². The number of hydrogen-bond donors (Lipinski definition) is 0. The highest BCUT2D eigenvalue weighted by molar-refractivity contribution is 7.26. The number of nitrogens with zero attached hydrogens (tertiary/aromatic N) is 3. The number of benzene rings is 12. The summed E-state index contributed by atoms with van der Waals surface area (Å²) < 4.78 is 12.6. The molecule has 5 heteroatoms. The quantitative estimate of drug-likeness (QED) is 0.158. The monoisotopic (exact) mass is 1010 g/mol. The summed E-state index contributed by atoms with van der Waals surface area (Å²) in [6.07, 6.45) is 0. The molecule has 17 rings (SSSR count). The Morgan fingerprint density at radius 2 is 0.506 bits per heavy atom. The van der Waals surface area contributed by atoms with Gasteiger partial charge in [-0.2, -0.15) is 0 Å².